The molecule has 1 heterocycles. The minimum absolute atomic E-state index is 0.221. The third kappa shape index (κ3) is 1.60. The van der Waals surface area contributed by atoms with Crippen molar-refractivity contribution in [3.8, 4) is 6.07 Å². The van der Waals surface area contributed by atoms with Gasteiger partial charge < -0.3 is 4.98 Å². The first kappa shape index (κ1) is 10.8. The maximum atomic E-state index is 12.6. The van der Waals surface area contributed by atoms with Crippen LogP contribution in [0.1, 0.15) is 35.2 Å². The van der Waals surface area contributed by atoms with Crippen molar-refractivity contribution in [1.82, 2.24) is 4.98 Å². The van der Waals surface area contributed by atoms with E-state index in [2.05, 4.69) is 11.1 Å². The molecule has 94 valence electrons. The van der Waals surface area contributed by atoms with Gasteiger partial charge in [-0.1, -0.05) is 6.07 Å². The van der Waals surface area contributed by atoms with Crippen molar-refractivity contribution in [3.63, 3.8) is 0 Å². The highest BCUT2D eigenvalue weighted by molar-refractivity contribution is 6.09. The van der Waals surface area contributed by atoms with Crippen LogP contribution in [0.4, 0.5) is 0 Å². The van der Waals surface area contributed by atoms with Crippen LogP contribution in [0.2, 0.25) is 0 Å². The van der Waals surface area contributed by atoms with Crippen molar-refractivity contribution in [2.75, 3.05) is 0 Å². The fourth-order valence-electron chi connectivity index (χ4n) is 3.55. The monoisotopic (exact) mass is 250 g/mol. The molecule has 3 heteroatoms. The highest BCUT2D eigenvalue weighted by Gasteiger charge is 2.48. The van der Waals surface area contributed by atoms with Crippen LogP contribution < -0.4 is 0 Å². The second kappa shape index (κ2) is 3.71. The minimum atomic E-state index is 0.221. The Morgan fingerprint density at radius 2 is 2.05 bits per heavy atom. The maximum Gasteiger partial charge on any atom is 0.168 e. The Bertz CT molecular complexity index is 712. The summed E-state index contributed by atoms with van der Waals surface area (Å²) in [4.78, 5) is 15.7. The standard InChI is InChI=1S/C16H14N2O/c17-7-9-1-2-13-14(8-18-15(13)3-9)16(19)12-5-10-4-11(10)6-12/h1-3,8,10-12,18H,4-6H2. The van der Waals surface area contributed by atoms with Crippen LogP contribution in [0.5, 0.6) is 0 Å². The summed E-state index contributed by atoms with van der Waals surface area (Å²) in [6, 6.07) is 7.58. The van der Waals surface area contributed by atoms with Crippen LogP contribution in [-0.2, 0) is 0 Å². The number of rotatable bonds is 2. The second-order valence-corrected chi connectivity index (χ2v) is 5.86. The molecule has 2 atom stereocenters. The molecular weight excluding hydrogens is 236 g/mol. The van der Waals surface area contributed by atoms with E-state index in [-0.39, 0.29) is 11.7 Å². The highest BCUT2D eigenvalue weighted by Crippen LogP contribution is 2.55. The lowest BCUT2D eigenvalue weighted by Gasteiger charge is -2.09. The third-order valence-corrected chi connectivity index (χ3v) is 4.69. The number of ketones is 1. The van der Waals surface area contributed by atoms with Gasteiger partial charge in [-0.05, 0) is 43.2 Å². The molecule has 0 saturated heterocycles. The summed E-state index contributed by atoms with van der Waals surface area (Å²) in [7, 11) is 0. The zero-order chi connectivity index (χ0) is 13.0. The van der Waals surface area contributed by atoms with E-state index in [1.807, 2.05) is 6.07 Å². The van der Waals surface area contributed by atoms with Gasteiger partial charge in [0.25, 0.3) is 0 Å². The number of nitrogens with zero attached hydrogens (tertiary/aromatic N) is 1. The molecule has 1 aromatic heterocycles. The third-order valence-electron chi connectivity index (χ3n) is 4.69. The van der Waals surface area contributed by atoms with Gasteiger partial charge in [-0.3, -0.25) is 4.79 Å². The summed E-state index contributed by atoms with van der Waals surface area (Å²) in [5.74, 6) is 2.15. The average molecular weight is 250 g/mol. The van der Waals surface area contributed by atoms with Crippen LogP contribution in [0.15, 0.2) is 24.4 Å². The van der Waals surface area contributed by atoms with Gasteiger partial charge in [0.1, 0.15) is 0 Å². The van der Waals surface area contributed by atoms with Gasteiger partial charge in [-0.25, -0.2) is 0 Å². The van der Waals surface area contributed by atoms with Crippen molar-refractivity contribution in [3.05, 3.63) is 35.5 Å². The summed E-state index contributed by atoms with van der Waals surface area (Å²) in [5, 5.41) is 9.84. The number of aromatic amines is 1. The Kier molecular flexibility index (Phi) is 2.11. The van der Waals surface area contributed by atoms with Crippen LogP contribution >= 0.6 is 0 Å². The van der Waals surface area contributed by atoms with Gasteiger partial charge in [0.15, 0.2) is 5.78 Å². The van der Waals surface area contributed by atoms with Crippen LogP contribution in [0.3, 0.4) is 0 Å². The Hall–Kier alpha value is -2.08. The molecule has 1 N–H and O–H groups in total. The molecule has 19 heavy (non-hydrogen) atoms. The van der Waals surface area contributed by atoms with Crippen molar-refractivity contribution < 1.29 is 4.79 Å². The SMILES string of the molecule is N#Cc1ccc2c(C(=O)C3CC4CC4C3)c[nH]c2c1. The van der Waals surface area contributed by atoms with Crippen LogP contribution in [-0.4, -0.2) is 10.8 Å². The normalized spacial score (nSPS) is 28.1. The van der Waals surface area contributed by atoms with Gasteiger partial charge in [-0.15, -0.1) is 0 Å². The topological polar surface area (TPSA) is 56.6 Å². The van der Waals surface area contributed by atoms with E-state index in [0.29, 0.717) is 5.56 Å². The molecule has 0 bridgehead atoms. The van der Waals surface area contributed by atoms with E-state index in [1.165, 1.54) is 6.42 Å². The van der Waals surface area contributed by atoms with E-state index in [1.54, 1.807) is 18.3 Å². The van der Waals surface area contributed by atoms with Crippen molar-refractivity contribution >= 4 is 16.7 Å². The quantitative estimate of drug-likeness (QED) is 0.831. The number of carbonyl (C=O) groups excluding carboxylic acids is 1. The summed E-state index contributed by atoms with van der Waals surface area (Å²) in [6.07, 6.45) is 5.29. The zero-order valence-corrected chi connectivity index (χ0v) is 10.5. The smallest absolute Gasteiger partial charge is 0.168 e. The van der Waals surface area contributed by atoms with E-state index < -0.39 is 0 Å². The molecular formula is C16H14N2O. The molecule has 2 aliphatic rings. The first-order chi connectivity index (χ1) is 9.26. The number of benzene rings is 1. The molecule has 2 fully saturated rings. The number of Topliss-reactive ketones (excluding diaryl/α,β-unsaturated/α-hetero) is 1. The lowest BCUT2D eigenvalue weighted by atomic mass is 9.93. The fraction of sp³-hybridized carbons (Fsp3) is 0.375. The van der Waals surface area contributed by atoms with Crippen LogP contribution in [0, 0.1) is 29.1 Å². The van der Waals surface area contributed by atoms with Crippen LogP contribution in [0.25, 0.3) is 10.9 Å². The molecule has 2 unspecified atom stereocenters. The highest BCUT2D eigenvalue weighted by atomic mass is 16.1. The number of nitriles is 1. The molecule has 2 saturated carbocycles. The van der Waals surface area contributed by atoms with E-state index in [0.717, 1.165) is 41.1 Å². The molecule has 2 aromatic rings. The Balaban J connectivity index is 1.71. The number of carbonyl (C=O) groups is 1. The number of hydrogen-bond acceptors (Lipinski definition) is 2. The van der Waals surface area contributed by atoms with Crippen molar-refractivity contribution in [2.24, 2.45) is 17.8 Å². The lowest BCUT2D eigenvalue weighted by molar-refractivity contribution is 0.0916. The predicted octanol–water partition coefficient (Wildman–Crippen LogP) is 3.27. The summed E-state index contributed by atoms with van der Waals surface area (Å²) in [6.45, 7) is 0. The van der Waals surface area contributed by atoms with Gasteiger partial charge in [0.2, 0.25) is 0 Å². The van der Waals surface area contributed by atoms with Gasteiger partial charge in [0, 0.05) is 28.6 Å². The predicted molar refractivity (Wildman–Crippen MR) is 71.7 cm³/mol. The molecule has 0 spiro atoms. The van der Waals surface area contributed by atoms with Crippen molar-refractivity contribution in [2.45, 2.75) is 19.3 Å². The first-order valence-corrected chi connectivity index (χ1v) is 6.81. The van der Waals surface area contributed by atoms with Gasteiger partial charge in [0.05, 0.1) is 11.6 Å². The van der Waals surface area contributed by atoms with Gasteiger partial charge >= 0.3 is 0 Å². The average Bonchev–Trinajstić information content (AvgIpc) is 2.89. The molecule has 4 rings (SSSR count). The summed E-state index contributed by atoms with van der Waals surface area (Å²) >= 11 is 0. The number of nitrogens with one attached hydrogen (secondary N) is 1. The Morgan fingerprint density at radius 1 is 1.26 bits per heavy atom. The van der Waals surface area contributed by atoms with E-state index in [9.17, 15) is 4.79 Å². The van der Waals surface area contributed by atoms with Crippen molar-refractivity contribution in [1.29, 1.82) is 5.26 Å². The van der Waals surface area contributed by atoms with E-state index >= 15 is 0 Å². The number of H-pyrrole nitrogens is 1. The fourth-order valence-corrected chi connectivity index (χ4v) is 3.55. The second-order valence-electron chi connectivity index (χ2n) is 5.86. The molecule has 0 amide bonds. The molecule has 1 aromatic carbocycles. The zero-order valence-electron chi connectivity index (χ0n) is 10.5. The van der Waals surface area contributed by atoms with E-state index in [4.69, 9.17) is 5.26 Å². The number of hydrogen-bond donors (Lipinski definition) is 1. The lowest BCUT2D eigenvalue weighted by Crippen LogP contribution is -2.12. The summed E-state index contributed by atoms with van der Waals surface area (Å²) in [5.41, 5.74) is 2.30. The maximum absolute atomic E-state index is 12.6. The largest absolute Gasteiger partial charge is 0.360 e. The Labute approximate surface area is 111 Å². The molecule has 0 aliphatic heterocycles. The Morgan fingerprint density at radius 3 is 2.79 bits per heavy atom. The molecule has 3 nitrogen and oxygen atoms in total. The summed E-state index contributed by atoms with van der Waals surface area (Å²) < 4.78 is 0. The minimum Gasteiger partial charge on any atom is -0.360 e. The molecule has 0 radical (unpaired) electrons. The first-order valence-electron chi connectivity index (χ1n) is 6.81. The van der Waals surface area contributed by atoms with Gasteiger partial charge in [-0.2, -0.15) is 5.26 Å². The number of aromatic nitrogens is 1. The molecule has 2 aliphatic carbocycles. The number of fused-ring (bicyclic) bond motifs is 2.